The first-order chi connectivity index (χ1) is 15.3. The van der Waals surface area contributed by atoms with Gasteiger partial charge in [0, 0.05) is 12.4 Å². The fraction of sp³-hybridized carbons (Fsp3) is 0.0400. The summed E-state index contributed by atoms with van der Waals surface area (Å²) in [6.07, 6.45) is 3.62. The predicted octanol–water partition coefficient (Wildman–Crippen LogP) is 7.41. The molecule has 2 aromatic heterocycles. The summed E-state index contributed by atoms with van der Waals surface area (Å²) in [5.41, 5.74) is 4.06. The number of para-hydroxylation sites is 1. The van der Waals surface area contributed by atoms with E-state index in [0.717, 1.165) is 27.8 Å². The fourth-order valence-electron chi connectivity index (χ4n) is 3.14. The SMILES string of the molecule is C[N-]c1ccccc1-c1ccccn1.[F][Pd][F].[c-]1cccc2ccc3cccnc3c12. The van der Waals surface area contributed by atoms with Gasteiger partial charge in [0.15, 0.2) is 0 Å². The van der Waals surface area contributed by atoms with E-state index < -0.39 is 19.0 Å². The van der Waals surface area contributed by atoms with Crippen LogP contribution in [0.15, 0.2) is 97.3 Å². The van der Waals surface area contributed by atoms with Crippen LogP contribution in [0.5, 0.6) is 0 Å². The Morgan fingerprint density at radius 2 is 1.48 bits per heavy atom. The standard InChI is InChI=1S/C13H8N.C12H11N2.2FH.Pd/c1-2-6-12-10(4-1)7-8-11-5-3-9-14-13(11)12;1-13-11-7-3-2-6-10(11)12-8-4-5-9-14-12;;;/h1-5,7-9H;2-9H,1H3;2*1H;/q2*-1;;;+2/p-2. The summed E-state index contributed by atoms with van der Waals surface area (Å²) in [6, 6.07) is 31.4. The van der Waals surface area contributed by atoms with Gasteiger partial charge in [-0.3, -0.25) is 4.98 Å². The van der Waals surface area contributed by atoms with Crippen LogP contribution >= 0.6 is 0 Å². The van der Waals surface area contributed by atoms with Crippen molar-refractivity contribution in [3.05, 3.63) is 109 Å². The minimum Gasteiger partial charge on any atom is -0.304 e. The zero-order valence-electron chi connectivity index (χ0n) is 16.7. The molecule has 160 valence electrons. The van der Waals surface area contributed by atoms with Crippen molar-refractivity contribution in [3.8, 4) is 11.3 Å². The Balaban J connectivity index is 0.000000156. The zero-order valence-corrected chi connectivity index (χ0v) is 18.2. The summed E-state index contributed by atoms with van der Waals surface area (Å²) in [5, 5.41) is 7.67. The van der Waals surface area contributed by atoms with Gasteiger partial charge in [0.1, 0.15) is 0 Å². The predicted molar refractivity (Wildman–Crippen MR) is 119 cm³/mol. The zero-order chi connectivity index (χ0) is 21.9. The van der Waals surface area contributed by atoms with Crippen molar-refractivity contribution in [1.82, 2.24) is 9.97 Å². The number of fused-ring (bicyclic) bond motifs is 3. The number of aromatic nitrogens is 2. The number of benzene rings is 3. The van der Waals surface area contributed by atoms with Crippen molar-refractivity contribution in [2.75, 3.05) is 7.05 Å². The van der Waals surface area contributed by atoms with E-state index in [1.165, 1.54) is 10.8 Å². The minimum absolute atomic E-state index is 0.966. The molecule has 0 saturated heterocycles. The van der Waals surface area contributed by atoms with Crippen LogP contribution in [0.25, 0.3) is 38.2 Å². The molecule has 0 fully saturated rings. The monoisotopic (exact) mass is 505 g/mol. The molecule has 5 rings (SSSR count). The number of rotatable bonds is 2. The van der Waals surface area contributed by atoms with Crippen LogP contribution in [-0.4, -0.2) is 17.0 Å². The molecule has 0 aliphatic rings. The van der Waals surface area contributed by atoms with Crippen molar-refractivity contribution in [3.63, 3.8) is 0 Å². The van der Waals surface area contributed by atoms with Crippen molar-refractivity contribution < 1.29 is 25.5 Å². The second kappa shape index (κ2) is 11.9. The molecule has 31 heavy (non-hydrogen) atoms. The molecule has 0 atom stereocenters. The first-order valence-corrected chi connectivity index (χ1v) is 10.5. The number of nitrogens with zero attached hydrogens (tertiary/aromatic N) is 3. The van der Waals surface area contributed by atoms with E-state index in [2.05, 4.69) is 45.6 Å². The van der Waals surface area contributed by atoms with E-state index in [-0.39, 0.29) is 0 Å². The van der Waals surface area contributed by atoms with Crippen molar-refractivity contribution >= 4 is 27.4 Å². The minimum atomic E-state index is -2.05. The maximum Gasteiger partial charge on any atom is 0.0161 e. The summed E-state index contributed by atoms with van der Waals surface area (Å²) in [6.45, 7) is 0. The third-order valence-electron chi connectivity index (χ3n) is 4.49. The van der Waals surface area contributed by atoms with Crippen LogP contribution in [0.2, 0.25) is 0 Å². The largest absolute Gasteiger partial charge is 0.304 e. The Morgan fingerprint density at radius 1 is 0.774 bits per heavy atom. The molecule has 0 amide bonds. The van der Waals surface area contributed by atoms with Gasteiger partial charge >= 0.3 is 25.5 Å². The Bertz CT molecular complexity index is 1180. The molecule has 0 radical (unpaired) electrons. The van der Waals surface area contributed by atoms with Gasteiger partial charge in [-0.15, -0.1) is 47.8 Å². The molecule has 6 heteroatoms. The molecule has 0 N–H and O–H groups in total. The normalized spacial score (nSPS) is 10.0. The summed E-state index contributed by atoms with van der Waals surface area (Å²) in [7, 11) is 1.79. The molecule has 5 aromatic rings. The van der Waals surface area contributed by atoms with E-state index in [0.29, 0.717) is 0 Å². The van der Waals surface area contributed by atoms with Crippen molar-refractivity contribution in [1.29, 1.82) is 0 Å². The number of pyridine rings is 2. The Morgan fingerprint density at radius 3 is 2.26 bits per heavy atom. The molecule has 0 aliphatic heterocycles. The van der Waals surface area contributed by atoms with Gasteiger partial charge in [0.25, 0.3) is 0 Å². The molecule has 3 nitrogen and oxygen atoms in total. The van der Waals surface area contributed by atoms with Crippen molar-refractivity contribution in [2.24, 2.45) is 0 Å². The van der Waals surface area contributed by atoms with Crippen LogP contribution in [0.1, 0.15) is 0 Å². The first-order valence-electron chi connectivity index (χ1n) is 9.35. The topological polar surface area (TPSA) is 39.9 Å². The third kappa shape index (κ3) is 5.91. The molecule has 2 heterocycles. The average molecular weight is 506 g/mol. The van der Waals surface area contributed by atoms with Gasteiger partial charge in [-0.2, -0.15) is 0 Å². The van der Waals surface area contributed by atoms with Gasteiger partial charge in [-0.05, 0) is 34.7 Å². The fourth-order valence-corrected chi connectivity index (χ4v) is 3.14. The van der Waals surface area contributed by atoms with Crippen LogP contribution in [0.4, 0.5) is 12.1 Å². The van der Waals surface area contributed by atoms with Gasteiger partial charge in [0.2, 0.25) is 0 Å². The second-order valence-corrected chi connectivity index (χ2v) is 6.50. The third-order valence-corrected chi connectivity index (χ3v) is 4.49. The Kier molecular flexibility index (Phi) is 8.60. The van der Waals surface area contributed by atoms with Gasteiger partial charge < -0.3 is 10.3 Å². The molecule has 0 saturated carbocycles. The van der Waals surface area contributed by atoms with E-state index in [1.807, 2.05) is 66.9 Å². The van der Waals surface area contributed by atoms with E-state index in [1.54, 1.807) is 13.2 Å². The van der Waals surface area contributed by atoms with Gasteiger partial charge in [0.05, 0.1) is 5.69 Å². The second-order valence-electron chi connectivity index (χ2n) is 6.28. The van der Waals surface area contributed by atoms with Gasteiger partial charge in [-0.1, -0.05) is 48.5 Å². The maximum absolute atomic E-state index is 9.68. The quantitative estimate of drug-likeness (QED) is 0.142. The Hall–Kier alpha value is -3.20. The molecular formula is C25H19F2N3Pd-2. The van der Waals surface area contributed by atoms with E-state index in [4.69, 9.17) is 0 Å². The first kappa shape index (κ1) is 22.5. The molecular weight excluding hydrogens is 487 g/mol. The summed E-state index contributed by atoms with van der Waals surface area (Å²) in [4.78, 5) is 8.68. The van der Waals surface area contributed by atoms with Crippen LogP contribution in [0.3, 0.4) is 0 Å². The molecule has 3 aromatic carbocycles. The summed E-state index contributed by atoms with van der Waals surface area (Å²) < 4.78 is 19.4. The smallest absolute Gasteiger partial charge is 0.0161 e. The molecule has 0 spiro atoms. The molecule has 0 bridgehead atoms. The van der Waals surface area contributed by atoms with Crippen LogP contribution < -0.4 is 0 Å². The van der Waals surface area contributed by atoms with E-state index in [9.17, 15) is 6.45 Å². The van der Waals surface area contributed by atoms with Gasteiger partial charge in [-0.25, -0.2) is 0 Å². The number of halogens is 2. The van der Waals surface area contributed by atoms with Crippen LogP contribution in [-0.2, 0) is 19.0 Å². The average Bonchev–Trinajstić information content (AvgIpc) is 2.85. The Labute approximate surface area is 189 Å². The number of hydrogen-bond donors (Lipinski definition) is 0. The van der Waals surface area contributed by atoms with E-state index >= 15 is 0 Å². The van der Waals surface area contributed by atoms with Crippen molar-refractivity contribution in [2.45, 2.75) is 0 Å². The van der Waals surface area contributed by atoms with Crippen LogP contribution in [0, 0.1) is 6.07 Å². The molecule has 0 aliphatic carbocycles. The maximum atomic E-state index is 9.68. The summed E-state index contributed by atoms with van der Waals surface area (Å²) >= 11 is -2.05. The molecule has 0 unspecified atom stereocenters. The number of hydrogen-bond acceptors (Lipinski definition) is 2. The summed E-state index contributed by atoms with van der Waals surface area (Å²) in [5.74, 6) is 0.